The van der Waals surface area contributed by atoms with Gasteiger partial charge >= 0.3 is 0 Å². The maximum Gasteiger partial charge on any atom is 0.204 e. The molecular formula is C18H15Cl4NO. The fourth-order valence-corrected chi connectivity index (χ4v) is 4.83. The molecule has 1 saturated carbocycles. The number of rotatable bonds is 2. The smallest absolute Gasteiger partial charge is 0.204 e. The van der Waals surface area contributed by atoms with E-state index < -0.39 is 0 Å². The zero-order chi connectivity index (χ0) is 16.8. The number of nitrogens with zero attached hydrogens (tertiary/aromatic N) is 1. The van der Waals surface area contributed by atoms with Crippen molar-refractivity contribution in [3.05, 3.63) is 52.3 Å². The average Bonchev–Trinajstić information content (AvgIpc) is 3.09. The van der Waals surface area contributed by atoms with Crippen LogP contribution in [0.3, 0.4) is 0 Å². The first-order chi connectivity index (χ1) is 11.5. The van der Waals surface area contributed by atoms with Crippen molar-refractivity contribution < 1.29 is 4.42 Å². The first-order valence-electron chi connectivity index (χ1n) is 7.88. The predicted octanol–water partition coefficient (Wildman–Crippen LogP) is 6.99. The van der Waals surface area contributed by atoms with Crippen molar-refractivity contribution in [1.29, 1.82) is 0 Å². The van der Waals surface area contributed by atoms with Gasteiger partial charge in [-0.05, 0) is 43.5 Å². The molecule has 126 valence electrons. The first-order valence-corrected chi connectivity index (χ1v) is 9.51. The zero-order valence-electron chi connectivity index (χ0n) is 12.7. The Kier molecular flexibility index (Phi) is 4.51. The highest BCUT2D eigenvalue weighted by Crippen LogP contribution is 2.45. The Hall–Kier alpha value is -0.800. The molecule has 0 radical (unpaired) electrons. The van der Waals surface area contributed by atoms with Crippen molar-refractivity contribution in [1.82, 2.24) is 4.40 Å². The highest BCUT2D eigenvalue weighted by atomic mass is 35.5. The van der Waals surface area contributed by atoms with Crippen molar-refractivity contribution in [3.63, 3.8) is 0 Å². The maximum atomic E-state index is 6.62. The molecule has 0 spiro atoms. The van der Waals surface area contributed by atoms with Gasteiger partial charge in [0.15, 0.2) is 0 Å². The Morgan fingerprint density at radius 3 is 2.67 bits per heavy atom. The molecule has 3 aromatic rings. The van der Waals surface area contributed by atoms with Crippen LogP contribution in [0.15, 0.2) is 40.9 Å². The van der Waals surface area contributed by atoms with E-state index in [2.05, 4.69) is 0 Å². The molecule has 0 aliphatic heterocycles. The summed E-state index contributed by atoms with van der Waals surface area (Å²) in [7, 11) is 0. The van der Waals surface area contributed by atoms with Crippen LogP contribution >= 0.6 is 46.4 Å². The topological polar surface area (TPSA) is 17.6 Å². The molecule has 1 aromatic carbocycles. The first kappa shape index (κ1) is 16.7. The molecule has 2 heterocycles. The Labute approximate surface area is 160 Å². The van der Waals surface area contributed by atoms with E-state index >= 15 is 0 Å². The Morgan fingerprint density at radius 2 is 1.92 bits per heavy atom. The molecule has 1 fully saturated rings. The lowest BCUT2D eigenvalue weighted by Gasteiger charge is -2.29. The summed E-state index contributed by atoms with van der Waals surface area (Å²) in [5.41, 5.74) is 2.62. The Balaban J connectivity index is 1.89. The summed E-state index contributed by atoms with van der Waals surface area (Å²) in [5.74, 6) is 0.988. The highest BCUT2D eigenvalue weighted by molar-refractivity contribution is 6.36. The highest BCUT2D eigenvalue weighted by Gasteiger charge is 2.34. The van der Waals surface area contributed by atoms with Crippen LogP contribution in [0.2, 0.25) is 10.0 Å². The van der Waals surface area contributed by atoms with Crippen molar-refractivity contribution in [3.8, 4) is 11.3 Å². The summed E-state index contributed by atoms with van der Waals surface area (Å²) in [6.45, 7) is 0. The van der Waals surface area contributed by atoms with Crippen LogP contribution in [-0.4, -0.2) is 15.2 Å². The average molecular weight is 403 g/mol. The van der Waals surface area contributed by atoms with E-state index in [0.717, 1.165) is 42.0 Å². The van der Waals surface area contributed by atoms with E-state index in [1.54, 1.807) is 6.07 Å². The fourth-order valence-electron chi connectivity index (χ4n) is 3.47. The van der Waals surface area contributed by atoms with Gasteiger partial charge in [0.25, 0.3) is 0 Å². The minimum Gasteiger partial charge on any atom is -0.442 e. The normalized spacial score (nSPS) is 24.6. The lowest BCUT2D eigenvalue weighted by molar-refractivity contribution is 0.395. The van der Waals surface area contributed by atoms with Crippen LogP contribution in [-0.2, 0) is 0 Å². The summed E-state index contributed by atoms with van der Waals surface area (Å²) >= 11 is 25.4. The molecule has 0 saturated heterocycles. The van der Waals surface area contributed by atoms with Gasteiger partial charge in [0.1, 0.15) is 5.76 Å². The number of alkyl halides is 2. The zero-order valence-corrected chi connectivity index (χ0v) is 15.7. The molecule has 0 N–H and O–H groups in total. The van der Waals surface area contributed by atoms with Gasteiger partial charge in [-0.1, -0.05) is 23.2 Å². The second-order valence-electron chi connectivity index (χ2n) is 6.19. The molecule has 1 aliphatic rings. The van der Waals surface area contributed by atoms with Gasteiger partial charge in [-0.15, -0.1) is 23.2 Å². The van der Waals surface area contributed by atoms with Gasteiger partial charge < -0.3 is 4.42 Å². The molecule has 2 aromatic heterocycles. The van der Waals surface area contributed by atoms with Crippen LogP contribution in [0.5, 0.6) is 0 Å². The molecule has 0 amide bonds. The number of benzene rings is 1. The third-order valence-electron chi connectivity index (χ3n) is 4.63. The fraction of sp³-hybridized carbons (Fsp3) is 0.333. The van der Waals surface area contributed by atoms with Crippen LogP contribution in [0, 0.1) is 0 Å². The SMILES string of the molecule is Clc1ccc(-c2c(C3CCC(Cl)CC3Cl)oc3cccn23)c(Cl)c1. The maximum absolute atomic E-state index is 6.62. The Morgan fingerprint density at radius 1 is 1.08 bits per heavy atom. The molecule has 3 atom stereocenters. The van der Waals surface area contributed by atoms with E-state index in [4.69, 9.17) is 50.8 Å². The summed E-state index contributed by atoms with van der Waals surface area (Å²) in [6, 6.07) is 9.40. The number of hydrogen-bond donors (Lipinski definition) is 0. The van der Waals surface area contributed by atoms with Crippen LogP contribution in [0.1, 0.15) is 30.9 Å². The molecular weight excluding hydrogens is 388 g/mol. The van der Waals surface area contributed by atoms with Gasteiger partial charge in [0.05, 0.1) is 10.7 Å². The van der Waals surface area contributed by atoms with Gasteiger partial charge in [-0.3, -0.25) is 4.40 Å². The van der Waals surface area contributed by atoms with Crippen molar-refractivity contribution in [2.45, 2.75) is 35.9 Å². The number of aromatic nitrogens is 1. The summed E-state index contributed by atoms with van der Waals surface area (Å²) < 4.78 is 8.18. The number of fused-ring (bicyclic) bond motifs is 1. The predicted molar refractivity (Wildman–Crippen MR) is 101 cm³/mol. The van der Waals surface area contributed by atoms with E-state index in [-0.39, 0.29) is 16.7 Å². The molecule has 4 rings (SSSR count). The minimum absolute atomic E-state index is 0.0538. The second kappa shape index (κ2) is 6.49. The van der Waals surface area contributed by atoms with Crippen molar-refractivity contribution in [2.24, 2.45) is 0 Å². The molecule has 24 heavy (non-hydrogen) atoms. The minimum atomic E-state index is -0.0538. The molecule has 1 aliphatic carbocycles. The van der Waals surface area contributed by atoms with Crippen LogP contribution in [0.4, 0.5) is 0 Å². The Bertz CT molecular complexity index is 884. The van der Waals surface area contributed by atoms with E-state index in [1.807, 2.05) is 34.9 Å². The van der Waals surface area contributed by atoms with E-state index in [1.165, 1.54) is 0 Å². The molecule has 3 unspecified atom stereocenters. The van der Waals surface area contributed by atoms with E-state index in [9.17, 15) is 0 Å². The van der Waals surface area contributed by atoms with Crippen molar-refractivity contribution >= 4 is 52.1 Å². The quantitative estimate of drug-likeness (QED) is 0.422. The van der Waals surface area contributed by atoms with Crippen LogP contribution in [0.25, 0.3) is 17.0 Å². The molecule has 6 heteroatoms. The third kappa shape index (κ3) is 2.84. The number of halogens is 4. The number of oxazole rings is 1. The summed E-state index contributed by atoms with van der Waals surface area (Å²) in [4.78, 5) is 0. The largest absolute Gasteiger partial charge is 0.442 e. The standard InChI is InChI=1S/C18H15Cl4NO/c19-10-3-5-12(14(21)8-10)17-18(24-16-2-1-7-23(16)17)13-6-4-11(20)9-15(13)22/h1-3,5,7-8,11,13,15H,4,6,9H2. The second-order valence-corrected chi connectivity index (χ2v) is 8.21. The lowest BCUT2D eigenvalue weighted by atomic mass is 9.85. The van der Waals surface area contributed by atoms with Gasteiger partial charge in [-0.2, -0.15) is 0 Å². The molecule has 2 nitrogen and oxygen atoms in total. The van der Waals surface area contributed by atoms with Crippen LogP contribution < -0.4 is 0 Å². The molecule has 0 bridgehead atoms. The monoisotopic (exact) mass is 401 g/mol. The van der Waals surface area contributed by atoms with Gasteiger partial charge in [0, 0.05) is 39.5 Å². The summed E-state index contributed by atoms with van der Waals surface area (Å²) in [5, 5.41) is 1.28. The van der Waals surface area contributed by atoms with E-state index in [0.29, 0.717) is 10.0 Å². The van der Waals surface area contributed by atoms with Crippen molar-refractivity contribution in [2.75, 3.05) is 0 Å². The third-order valence-corrected chi connectivity index (χ3v) is 6.06. The lowest BCUT2D eigenvalue weighted by Crippen LogP contribution is -2.24. The van der Waals surface area contributed by atoms with Gasteiger partial charge in [0.2, 0.25) is 5.71 Å². The van der Waals surface area contributed by atoms with Gasteiger partial charge in [-0.25, -0.2) is 0 Å². The summed E-state index contributed by atoms with van der Waals surface area (Å²) in [6.07, 6.45) is 4.58. The number of hydrogen-bond acceptors (Lipinski definition) is 1.